The van der Waals surface area contributed by atoms with E-state index in [2.05, 4.69) is 21.7 Å². The quantitative estimate of drug-likeness (QED) is 0.184. The van der Waals surface area contributed by atoms with Gasteiger partial charge in [-0.25, -0.2) is 0 Å². The zero-order chi connectivity index (χ0) is 29.6. The standard InChI is InChI=1S/C33H32N6O3/c1-5-41-31-19-28-27(18-29(31)37-32(40)9-7-13-38(3)4)33(23(20-34)21-35-28)36-24-10-11-30(22(2)16-24)42-26-12-15-39-14-6-8-25(39)17-26/h6-12,14-19,21H,5,13H2,1-4H3,(H,35,36)(H,37,40)/b9-7+. The molecule has 3 aromatic heterocycles. The molecule has 5 rings (SSSR count). The lowest BCUT2D eigenvalue weighted by molar-refractivity contribution is -0.111. The maximum absolute atomic E-state index is 12.7. The second-order valence-corrected chi connectivity index (χ2v) is 10.0. The first-order valence-corrected chi connectivity index (χ1v) is 13.6. The van der Waals surface area contributed by atoms with Crippen molar-refractivity contribution in [3.63, 3.8) is 0 Å². The van der Waals surface area contributed by atoms with Gasteiger partial charge in [-0.3, -0.25) is 9.78 Å². The van der Waals surface area contributed by atoms with Crippen molar-refractivity contribution in [2.24, 2.45) is 0 Å². The fourth-order valence-corrected chi connectivity index (χ4v) is 4.55. The third-order valence-corrected chi connectivity index (χ3v) is 6.56. The van der Waals surface area contributed by atoms with E-state index < -0.39 is 0 Å². The van der Waals surface area contributed by atoms with Crippen LogP contribution in [0.5, 0.6) is 17.2 Å². The van der Waals surface area contributed by atoms with Gasteiger partial charge in [0.15, 0.2) is 0 Å². The Labute approximate surface area is 244 Å². The first-order chi connectivity index (χ1) is 20.3. The molecule has 3 heterocycles. The number of hydrogen-bond acceptors (Lipinski definition) is 7. The van der Waals surface area contributed by atoms with Crippen LogP contribution in [0.15, 0.2) is 85.3 Å². The number of nitriles is 1. The molecule has 42 heavy (non-hydrogen) atoms. The number of nitrogens with zero attached hydrogens (tertiary/aromatic N) is 4. The highest BCUT2D eigenvalue weighted by Gasteiger charge is 2.16. The Hall–Kier alpha value is -5.33. The van der Waals surface area contributed by atoms with Gasteiger partial charge in [0, 0.05) is 59.9 Å². The van der Waals surface area contributed by atoms with Crippen LogP contribution >= 0.6 is 0 Å². The number of anilines is 3. The SMILES string of the molecule is CCOc1cc2ncc(C#N)c(Nc3ccc(Oc4ccn5cccc5c4)c(C)c3)c2cc1NC(=O)/C=C/CN(C)C. The number of amides is 1. The van der Waals surface area contributed by atoms with E-state index in [1.807, 2.05) is 92.1 Å². The number of carbonyl (C=O) groups excluding carboxylic acids is 1. The zero-order valence-electron chi connectivity index (χ0n) is 24.0. The molecule has 0 aliphatic heterocycles. The molecular weight excluding hydrogens is 528 g/mol. The summed E-state index contributed by atoms with van der Waals surface area (Å²) in [7, 11) is 3.86. The Balaban J connectivity index is 1.46. The minimum atomic E-state index is -0.279. The molecule has 0 aliphatic carbocycles. The number of rotatable bonds is 10. The van der Waals surface area contributed by atoms with Gasteiger partial charge in [0.2, 0.25) is 5.91 Å². The molecule has 0 fully saturated rings. The number of aryl methyl sites for hydroxylation is 1. The first kappa shape index (κ1) is 28.2. The third kappa shape index (κ3) is 6.35. The molecule has 0 radical (unpaired) electrons. The monoisotopic (exact) mass is 560 g/mol. The van der Waals surface area contributed by atoms with Crippen LogP contribution in [0.25, 0.3) is 16.4 Å². The Bertz CT molecular complexity index is 1830. The van der Waals surface area contributed by atoms with Crippen molar-refractivity contribution in [2.45, 2.75) is 13.8 Å². The van der Waals surface area contributed by atoms with Crippen molar-refractivity contribution in [3.8, 4) is 23.3 Å². The topological polar surface area (TPSA) is 104 Å². The fraction of sp³-hybridized carbons (Fsp3) is 0.182. The van der Waals surface area contributed by atoms with Gasteiger partial charge in [-0.15, -0.1) is 0 Å². The van der Waals surface area contributed by atoms with Crippen LogP contribution in [0.2, 0.25) is 0 Å². The summed E-state index contributed by atoms with van der Waals surface area (Å²) in [4.78, 5) is 19.1. The first-order valence-electron chi connectivity index (χ1n) is 13.6. The third-order valence-electron chi connectivity index (χ3n) is 6.56. The summed E-state index contributed by atoms with van der Waals surface area (Å²) in [5.74, 6) is 1.69. The number of benzene rings is 2. The van der Waals surface area contributed by atoms with Gasteiger partial charge in [0.25, 0.3) is 0 Å². The largest absolute Gasteiger partial charge is 0.492 e. The predicted molar refractivity (Wildman–Crippen MR) is 166 cm³/mol. The fourth-order valence-electron chi connectivity index (χ4n) is 4.55. The van der Waals surface area contributed by atoms with Gasteiger partial charge < -0.3 is 29.4 Å². The molecule has 0 aliphatic rings. The van der Waals surface area contributed by atoms with Crippen LogP contribution in [0.4, 0.5) is 17.1 Å². The lowest BCUT2D eigenvalue weighted by Crippen LogP contribution is -2.13. The highest BCUT2D eigenvalue weighted by atomic mass is 16.5. The Kier molecular flexibility index (Phi) is 8.37. The van der Waals surface area contributed by atoms with Crippen molar-refractivity contribution in [2.75, 3.05) is 37.9 Å². The molecule has 0 spiro atoms. The summed E-state index contributed by atoms with van der Waals surface area (Å²) in [5, 5.41) is 16.9. The average Bonchev–Trinajstić information content (AvgIpc) is 3.43. The molecule has 0 bridgehead atoms. The van der Waals surface area contributed by atoms with Gasteiger partial charge in [-0.05, 0) is 76.0 Å². The number of hydrogen-bond donors (Lipinski definition) is 2. The molecule has 212 valence electrons. The summed E-state index contributed by atoms with van der Waals surface area (Å²) in [6, 6.07) is 19.5. The van der Waals surface area contributed by atoms with E-state index in [1.165, 1.54) is 12.3 Å². The number of ether oxygens (including phenoxy) is 2. The van der Waals surface area contributed by atoms with Gasteiger partial charge in [-0.2, -0.15) is 5.26 Å². The van der Waals surface area contributed by atoms with Crippen LogP contribution in [-0.2, 0) is 4.79 Å². The molecular formula is C33H32N6O3. The molecule has 0 atom stereocenters. The molecule has 0 unspecified atom stereocenters. The summed E-state index contributed by atoms with van der Waals surface area (Å²) >= 11 is 0. The van der Waals surface area contributed by atoms with E-state index in [0.717, 1.165) is 28.3 Å². The maximum Gasteiger partial charge on any atom is 0.248 e. The van der Waals surface area contributed by atoms with E-state index in [-0.39, 0.29) is 5.91 Å². The van der Waals surface area contributed by atoms with E-state index in [0.29, 0.717) is 46.7 Å². The second kappa shape index (κ2) is 12.5. The predicted octanol–water partition coefficient (Wildman–Crippen LogP) is 6.66. The summed E-state index contributed by atoms with van der Waals surface area (Å²) in [6.45, 7) is 4.90. The highest BCUT2D eigenvalue weighted by molar-refractivity contribution is 6.04. The van der Waals surface area contributed by atoms with Crippen molar-refractivity contribution in [3.05, 3.63) is 96.5 Å². The van der Waals surface area contributed by atoms with E-state index in [4.69, 9.17) is 9.47 Å². The molecule has 5 aromatic rings. The van der Waals surface area contributed by atoms with Gasteiger partial charge in [0.05, 0.1) is 29.1 Å². The van der Waals surface area contributed by atoms with Crippen molar-refractivity contribution >= 4 is 39.4 Å². The number of likely N-dealkylation sites (N-methyl/N-ethyl adjacent to an activating group) is 1. The van der Waals surface area contributed by atoms with Crippen molar-refractivity contribution in [1.29, 1.82) is 5.26 Å². The van der Waals surface area contributed by atoms with Crippen molar-refractivity contribution < 1.29 is 14.3 Å². The minimum absolute atomic E-state index is 0.279. The number of aromatic nitrogens is 2. The van der Waals surface area contributed by atoms with E-state index in [1.54, 1.807) is 18.2 Å². The Morgan fingerprint density at radius 2 is 1.98 bits per heavy atom. The summed E-state index contributed by atoms with van der Waals surface area (Å²) < 4.78 is 14.0. The highest BCUT2D eigenvalue weighted by Crippen LogP contribution is 2.37. The van der Waals surface area contributed by atoms with Gasteiger partial charge >= 0.3 is 0 Å². The number of carbonyl (C=O) groups is 1. The van der Waals surface area contributed by atoms with Crippen LogP contribution in [-0.4, -0.2) is 47.4 Å². The molecule has 0 saturated carbocycles. The Morgan fingerprint density at radius 1 is 1.12 bits per heavy atom. The smallest absolute Gasteiger partial charge is 0.248 e. The van der Waals surface area contributed by atoms with Crippen LogP contribution in [0.1, 0.15) is 18.1 Å². The summed E-state index contributed by atoms with van der Waals surface area (Å²) in [5.41, 5.74) is 4.80. The van der Waals surface area contributed by atoms with Crippen LogP contribution in [0.3, 0.4) is 0 Å². The average molecular weight is 561 g/mol. The van der Waals surface area contributed by atoms with Crippen LogP contribution in [0, 0.1) is 18.3 Å². The second-order valence-electron chi connectivity index (χ2n) is 10.0. The summed E-state index contributed by atoms with van der Waals surface area (Å²) in [6.07, 6.45) is 8.76. The van der Waals surface area contributed by atoms with E-state index >= 15 is 0 Å². The lowest BCUT2D eigenvalue weighted by atomic mass is 10.1. The molecule has 9 heteroatoms. The Morgan fingerprint density at radius 3 is 2.74 bits per heavy atom. The number of pyridine rings is 2. The maximum atomic E-state index is 12.7. The van der Waals surface area contributed by atoms with Gasteiger partial charge in [0.1, 0.15) is 23.3 Å². The van der Waals surface area contributed by atoms with E-state index in [9.17, 15) is 10.1 Å². The number of fused-ring (bicyclic) bond motifs is 2. The van der Waals surface area contributed by atoms with Gasteiger partial charge in [-0.1, -0.05) is 6.08 Å². The molecule has 0 saturated heterocycles. The minimum Gasteiger partial charge on any atom is -0.492 e. The molecule has 2 N–H and O–H groups in total. The molecule has 9 nitrogen and oxygen atoms in total. The molecule has 2 aromatic carbocycles. The number of nitrogens with one attached hydrogen (secondary N) is 2. The zero-order valence-corrected chi connectivity index (χ0v) is 24.0. The van der Waals surface area contributed by atoms with Crippen LogP contribution < -0.4 is 20.1 Å². The van der Waals surface area contributed by atoms with Crippen molar-refractivity contribution in [1.82, 2.24) is 14.3 Å². The normalized spacial score (nSPS) is 11.2. The lowest BCUT2D eigenvalue weighted by Gasteiger charge is -2.17. The molecule has 1 amide bonds.